The molecule has 2 aliphatic heterocycles. The third-order valence-electron chi connectivity index (χ3n) is 8.36. The highest BCUT2D eigenvalue weighted by molar-refractivity contribution is 6.12. The molecule has 45 heavy (non-hydrogen) atoms. The molecule has 3 aromatic rings. The van der Waals surface area contributed by atoms with Crippen molar-refractivity contribution >= 4 is 29.4 Å². The van der Waals surface area contributed by atoms with Gasteiger partial charge >= 0.3 is 6.03 Å². The summed E-state index contributed by atoms with van der Waals surface area (Å²) in [5.74, 6) is -3.16. The van der Waals surface area contributed by atoms with Crippen LogP contribution in [0.4, 0.5) is 19.3 Å². The lowest BCUT2D eigenvalue weighted by Gasteiger charge is -2.33. The third-order valence-corrected chi connectivity index (χ3v) is 8.36. The van der Waals surface area contributed by atoms with E-state index in [-0.39, 0.29) is 47.5 Å². The second-order valence-electron chi connectivity index (χ2n) is 11.3. The van der Waals surface area contributed by atoms with Gasteiger partial charge in [0.05, 0.1) is 7.11 Å². The number of benzene rings is 3. The van der Waals surface area contributed by atoms with Gasteiger partial charge in [0, 0.05) is 68.6 Å². The summed E-state index contributed by atoms with van der Waals surface area (Å²) in [6, 6.07) is 12.2. The highest BCUT2D eigenvalue weighted by Crippen LogP contribution is 2.37. The zero-order valence-corrected chi connectivity index (χ0v) is 25.5. The van der Waals surface area contributed by atoms with Gasteiger partial charge in [-0.2, -0.15) is 0 Å². The van der Waals surface area contributed by atoms with Gasteiger partial charge in [-0.3, -0.25) is 19.3 Å². The predicted octanol–water partition coefficient (Wildman–Crippen LogP) is 4.06. The van der Waals surface area contributed by atoms with Crippen LogP contribution in [0.25, 0.3) is 22.3 Å². The Labute approximate surface area is 259 Å². The Morgan fingerprint density at radius 3 is 2.47 bits per heavy atom. The topological polar surface area (TPSA) is 120 Å². The van der Waals surface area contributed by atoms with Crippen molar-refractivity contribution in [2.45, 2.75) is 32.4 Å². The van der Waals surface area contributed by atoms with Crippen LogP contribution in [-0.2, 0) is 20.9 Å². The first-order valence-corrected chi connectivity index (χ1v) is 14.6. The van der Waals surface area contributed by atoms with E-state index in [1.54, 1.807) is 49.4 Å². The molecule has 10 nitrogen and oxygen atoms in total. The summed E-state index contributed by atoms with van der Waals surface area (Å²) < 4.78 is 37.0. The van der Waals surface area contributed by atoms with E-state index in [1.807, 2.05) is 0 Å². The fraction of sp³-hybridized carbons (Fsp3) is 0.333. The molecule has 2 aliphatic rings. The standard InChI is InChI=1S/C33H35F2N5O5/c1-18-21(7-6-10-27(18)38-31(42)25-17-39(2)33(44)40(3)32(25)43)23-9-5-8-22(30(23)35)19-13-26(34)24(28(14-19)45-4)16-36-15-20-11-12-29(41)37-20/h5-10,13-14,20,25,36H,11-12,15-17H2,1-4H3,(H,37,41)(H,38,42)/t20-,25?/m0/s1. The van der Waals surface area contributed by atoms with E-state index < -0.39 is 35.4 Å². The molecule has 2 atom stereocenters. The average molecular weight is 620 g/mol. The number of carbonyl (C=O) groups is 4. The van der Waals surface area contributed by atoms with Crippen molar-refractivity contribution in [3.63, 3.8) is 0 Å². The largest absolute Gasteiger partial charge is 0.496 e. The van der Waals surface area contributed by atoms with Gasteiger partial charge in [0.15, 0.2) is 0 Å². The smallest absolute Gasteiger partial charge is 0.326 e. The number of rotatable bonds is 9. The number of amides is 5. The molecular weight excluding hydrogens is 584 g/mol. The molecule has 0 radical (unpaired) electrons. The minimum absolute atomic E-state index is 0.00146. The number of anilines is 1. The summed E-state index contributed by atoms with van der Waals surface area (Å²) in [6.45, 7) is 2.31. The maximum Gasteiger partial charge on any atom is 0.326 e. The molecule has 2 heterocycles. The fourth-order valence-corrected chi connectivity index (χ4v) is 5.78. The molecule has 5 rings (SSSR count). The number of urea groups is 1. The Bertz CT molecular complexity index is 1680. The van der Waals surface area contributed by atoms with Crippen LogP contribution in [0.3, 0.4) is 0 Å². The van der Waals surface area contributed by atoms with E-state index >= 15 is 8.78 Å². The van der Waals surface area contributed by atoms with E-state index in [1.165, 1.54) is 32.2 Å². The number of imide groups is 1. The SMILES string of the molecule is COc1cc(-c2cccc(-c3cccc(NC(=O)C4CN(C)C(=O)N(C)C4=O)c3C)c2F)cc(F)c1CNC[C@@H]1CCC(=O)N1. The average Bonchev–Trinajstić information content (AvgIpc) is 3.44. The lowest BCUT2D eigenvalue weighted by molar-refractivity contribution is -0.140. The van der Waals surface area contributed by atoms with Gasteiger partial charge < -0.3 is 25.6 Å². The normalized spacial score (nSPS) is 18.3. The molecule has 0 saturated carbocycles. The summed E-state index contributed by atoms with van der Waals surface area (Å²) in [7, 11) is 4.26. The van der Waals surface area contributed by atoms with E-state index in [4.69, 9.17) is 4.74 Å². The van der Waals surface area contributed by atoms with Gasteiger partial charge in [-0.25, -0.2) is 13.6 Å². The summed E-state index contributed by atoms with van der Waals surface area (Å²) in [5.41, 5.74) is 2.43. The number of halogens is 2. The van der Waals surface area contributed by atoms with Crippen LogP contribution in [0.15, 0.2) is 48.5 Å². The van der Waals surface area contributed by atoms with Crippen molar-refractivity contribution in [2.24, 2.45) is 5.92 Å². The predicted molar refractivity (Wildman–Crippen MR) is 164 cm³/mol. The van der Waals surface area contributed by atoms with Crippen LogP contribution in [0.5, 0.6) is 5.75 Å². The van der Waals surface area contributed by atoms with E-state index in [9.17, 15) is 19.2 Å². The fourth-order valence-electron chi connectivity index (χ4n) is 5.78. The van der Waals surface area contributed by atoms with Crippen LogP contribution >= 0.6 is 0 Å². The van der Waals surface area contributed by atoms with Crippen molar-refractivity contribution in [2.75, 3.05) is 39.6 Å². The number of ether oxygens (including phenoxy) is 1. The second-order valence-corrected chi connectivity index (χ2v) is 11.3. The minimum atomic E-state index is -1.09. The van der Waals surface area contributed by atoms with Gasteiger partial charge in [0.25, 0.3) is 0 Å². The number of hydrogen-bond donors (Lipinski definition) is 3. The van der Waals surface area contributed by atoms with Crippen LogP contribution in [-0.4, -0.2) is 73.9 Å². The molecule has 0 bridgehead atoms. The molecule has 3 aromatic carbocycles. The molecule has 0 aromatic heterocycles. The van der Waals surface area contributed by atoms with Crippen LogP contribution in [0, 0.1) is 24.5 Å². The summed E-state index contributed by atoms with van der Waals surface area (Å²) in [6.07, 6.45) is 1.19. The van der Waals surface area contributed by atoms with Gasteiger partial charge in [-0.15, -0.1) is 0 Å². The Morgan fingerprint density at radius 1 is 1.04 bits per heavy atom. The third kappa shape index (κ3) is 6.37. The molecule has 0 spiro atoms. The highest BCUT2D eigenvalue weighted by Gasteiger charge is 2.39. The Kier molecular flexibility index (Phi) is 9.14. The zero-order chi connectivity index (χ0) is 32.4. The lowest BCUT2D eigenvalue weighted by Crippen LogP contribution is -2.56. The molecule has 2 fully saturated rings. The Morgan fingerprint density at radius 2 is 1.76 bits per heavy atom. The number of carbonyl (C=O) groups excluding carboxylic acids is 4. The van der Waals surface area contributed by atoms with Crippen LogP contribution < -0.4 is 20.7 Å². The molecule has 5 amide bonds. The van der Waals surface area contributed by atoms with Gasteiger partial charge in [0.2, 0.25) is 17.7 Å². The lowest BCUT2D eigenvalue weighted by atomic mass is 9.94. The number of nitrogens with one attached hydrogen (secondary N) is 3. The number of methoxy groups -OCH3 is 1. The molecule has 3 N–H and O–H groups in total. The minimum Gasteiger partial charge on any atom is -0.496 e. The van der Waals surface area contributed by atoms with Crippen molar-refractivity contribution in [1.82, 2.24) is 20.4 Å². The van der Waals surface area contributed by atoms with Crippen molar-refractivity contribution in [1.29, 1.82) is 0 Å². The van der Waals surface area contributed by atoms with Crippen molar-refractivity contribution < 1.29 is 32.7 Å². The quantitative estimate of drug-likeness (QED) is 0.311. The second kappa shape index (κ2) is 13.0. The van der Waals surface area contributed by atoms with E-state index in [0.29, 0.717) is 41.8 Å². The Balaban J connectivity index is 1.38. The maximum atomic E-state index is 16.2. The number of nitrogens with zero attached hydrogens (tertiary/aromatic N) is 2. The van der Waals surface area contributed by atoms with Crippen molar-refractivity contribution in [3.05, 3.63) is 71.3 Å². The molecular formula is C33H35F2N5O5. The first-order chi connectivity index (χ1) is 21.5. The van der Waals surface area contributed by atoms with E-state index in [2.05, 4.69) is 16.0 Å². The molecule has 236 valence electrons. The molecule has 12 heteroatoms. The van der Waals surface area contributed by atoms with E-state index in [0.717, 1.165) is 4.90 Å². The molecule has 1 unspecified atom stereocenters. The summed E-state index contributed by atoms with van der Waals surface area (Å²) in [4.78, 5) is 51.5. The molecule has 0 aliphatic carbocycles. The van der Waals surface area contributed by atoms with Crippen LogP contribution in [0.2, 0.25) is 0 Å². The van der Waals surface area contributed by atoms with Gasteiger partial charge in [-0.1, -0.05) is 30.3 Å². The maximum absolute atomic E-state index is 16.2. The van der Waals surface area contributed by atoms with Crippen LogP contribution in [0.1, 0.15) is 24.0 Å². The van der Waals surface area contributed by atoms with Gasteiger partial charge in [-0.05, 0) is 48.2 Å². The first kappa shape index (κ1) is 31.6. The summed E-state index contributed by atoms with van der Waals surface area (Å²) >= 11 is 0. The molecule has 2 saturated heterocycles. The summed E-state index contributed by atoms with van der Waals surface area (Å²) in [5, 5.41) is 8.79. The first-order valence-electron chi connectivity index (χ1n) is 14.6. The zero-order valence-electron chi connectivity index (χ0n) is 25.5. The Hall–Kier alpha value is -4.84. The monoisotopic (exact) mass is 619 g/mol. The highest BCUT2D eigenvalue weighted by atomic mass is 19.1. The van der Waals surface area contributed by atoms with Gasteiger partial charge in [0.1, 0.15) is 23.3 Å². The number of hydrogen-bond acceptors (Lipinski definition) is 6. The van der Waals surface area contributed by atoms with Crippen molar-refractivity contribution in [3.8, 4) is 28.0 Å².